The monoisotopic (exact) mass is 265 g/mol. The van der Waals surface area contributed by atoms with Crippen molar-refractivity contribution >= 4 is 0 Å². The number of aliphatic hydroxyl groups is 1. The van der Waals surface area contributed by atoms with Crippen LogP contribution in [0.4, 0.5) is 22.0 Å². The Morgan fingerprint density at radius 2 is 1.83 bits per heavy atom. The highest BCUT2D eigenvalue weighted by atomic mass is 19.4. The molecule has 0 aliphatic heterocycles. The van der Waals surface area contributed by atoms with Gasteiger partial charge in [-0.2, -0.15) is 27.2 Å². The van der Waals surface area contributed by atoms with Crippen molar-refractivity contribution in [2.75, 3.05) is 0 Å². The molecule has 18 heavy (non-hydrogen) atoms. The lowest BCUT2D eigenvalue weighted by Gasteiger charge is -2.22. The Kier molecular flexibility index (Phi) is 3.92. The lowest BCUT2D eigenvalue weighted by molar-refractivity contribution is -0.290. The van der Waals surface area contributed by atoms with Crippen molar-refractivity contribution < 1.29 is 27.1 Å². The van der Waals surface area contributed by atoms with Gasteiger partial charge in [0.05, 0.1) is 24.2 Å². The fourth-order valence-electron chi connectivity index (χ4n) is 1.29. The van der Waals surface area contributed by atoms with Crippen LogP contribution in [0.25, 0.3) is 0 Å². The Morgan fingerprint density at radius 1 is 1.22 bits per heavy atom. The number of halogens is 5. The van der Waals surface area contributed by atoms with Crippen molar-refractivity contribution in [3.05, 3.63) is 35.4 Å². The van der Waals surface area contributed by atoms with Crippen molar-refractivity contribution in [2.45, 2.75) is 24.6 Å². The molecule has 1 aromatic rings. The van der Waals surface area contributed by atoms with E-state index in [9.17, 15) is 27.1 Å². The smallest absolute Gasteiger partial charge is 0.388 e. The molecule has 1 N–H and O–H groups in total. The quantitative estimate of drug-likeness (QED) is 0.853. The number of alkyl halides is 5. The van der Waals surface area contributed by atoms with Crippen LogP contribution in [-0.4, -0.2) is 17.2 Å². The fourth-order valence-corrected chi connectivity index (χ4v) is 1.29. The molecule has 0 spiro atoms. The van der Waals surface area contributed by atoms with Gasteiger partial charge in [-0.15, -0.1) is 0 Å². The predicted molar refractivity (Wildman–Crippen MR) is 51.7 cm³/mol. The summed E-state index contributed by atoms with van der Waals surface area (Å²) in [5.74, 6) is -4.98. The first-order valence-corrected chi connectivity index (χ1v) is 4.80. The highest BCUT2D eigenvalue weighted by Crippen LogP contribution is 2.41. The molecule has 0 radical (unpaired) electrons. The molecular weight excluding hydrogens is 257 g/mol. The summed E-state index contributed by atoms with van der Waals surface area (Å²) in [6.45, 7) is 0. The molecule has 0 amide bonds. The zero-order valence-electron chi connectivity index (χ0n) is 8.88. The van der Waals surface area contributed by atoms with Gasteiger partial charge < -0.3 is 5.11 Å². The molecule has 0 bridgehead atoms. The first-order chi connectivity index (χ1) is 8.17. The third-order valence-electron chi connectivity index (χ3n) is 2.26. The zero-order chi connectivity index (χ0) is 14.0. The van der Waals surface area contributed by atoms with E-state index in [1.807, 2.05) is 0 Å². The molecule has 0 heterocycles. The SMILES string of the molecule is N#Cc1cccc(C(O)CC(F)(F)C(F)(F)F)c1. The normalized spacial score (nSPS) is 14.1. The van der Waals surface area contributed by atoms with Gasteiger partial charge in [0.1, 0.15) is 0 Å². The summed E-state index contributed by atoms with van der Waals surface area (Å²) in [5, 5.41) is 17.9. The summed E-state index contributed by atoms with van der Waals surface area (Å²) in [6, 6.07) is 6.58. The highest BCUT2D eigenvalue weighted by molar-refractivity contribution is 5.33. The van der Waals surface area contributed by atoms with Crippen molar-refractivity contribution in [3.8, 4) is 6.07 Å². The second-order valence-corrected chi connectivity index (χ2v) is 3.66. The molecule has 0 aliphatic rings. The van der Waals surface area contributed by atoms with Gasteiger partial charge in [-0.05, 0) is 17.7 Å². The van der Waals surface area contributed by atoms with Gasteiger partial charge in [0.2, 0.25) is 0 Å². The number of nitrogens with zero attached hydrogens (tertiary/aromatic N) is 1. The maximum absolute atomic E-state index is 12.7. The molecule has 1 aromatic carbocycles. The minimum absolute atomic E-state index is 0.0712. The van der Waals surface area contributed by atoms with E-state index in [2.05, 4.69) is 0 Å². The Morgan fingerprint density at radius 3 is 2.33 bits per heavy atom. The average Bonchev–Trinajstić information content (AvgIpc) is 2.27. The second-order valence-electron chi connectivity index (χ2n) is 3.66. The van der Waals surface area contributed by atoms with E-state index in [0.29, 0.717) is 0 Å². The summed E-state index contributed by atoms with van der Waals surface area (Å²) >= 11 is 0. The summed E-state index contributed by atoms with van der Waals surface area (Å²) in [4.78, 5) is 0. The third kappa shape index (κ3) is 3.17. The number of hydrogen-bond acceptors (Lipinski definition) is 2. The van der Waals surface area contributed by atoms with Crippen molar-refractivity contribution in [1.82, 2.24) is 0 Å². The highest BCUT2D eigenvalue weighted by Gasteiger charge is 2.58. The van der Waals surface area contributed by atoms with Crippen LogP contribution in [0.3, 0.4) is 0 Å². The van der Waals surface area contributed by atoms with Crippen LogP contribution in [0, 0.1) is 11.3 Å². The Bertz CT molecular complexity index is 463. The van der Waals surface area contributed by atoms with E-state index in [0.717, 1.165) is 6.07 Å². The van der Waals surface area contributed by atoms with Crippen molar-refractivity contribution in [2.24, 2.45) is 0 Å². The van der Waals surface area contributed by atoms with E-state index in [-0.39, 0.29) is 11.1 Å². The maximum Gasteiger partial charge on any atom is 0.453 e. The fraction of sp³-hybridized carbons (Fsp3) is 0.364. The lowest BCUT2D eigenvalue weighted by Crippen LogP contribution is -2.37. The van der Waals surface area contributed by atoms with E-state index >= 15 is 0 Å². The molecule has 0 aromatic heterocycles. The number of nitriles is 1. The molecule has 98 valence electrons. The van der Waals surface area contributed by atoms with Gasteiger partial charge in [-0.3, -0.25) is 0 Å². The summed E-state index contributed by atoms with van der Waals surface area (Å²) in [6.07, 6.45) is -9.47. The molecule has 0 aliphatic carbocycles. The number of aliphatic hydroxyl groups excluding tert-OH is 1. The molecule has 1 unspecified atom stereocenters. The largest absolute Gasteiger partial charge is 0.453 e. The minimum Gasteiger partial charge on any atom is -0.388 e. The van der Waals surface area contributed by atoms with Crippen LogP contribution in [0.1, 0.15) is 23.7 Å². The molecular formula is C11H8F5NO. The summed E-state index contributed by atoms with van der Waals surface area (Å²) < 4.78 is 61.2. The minimum atomic E-state index is -5.71. The molecule has 7 heteroatoms. The number of hydrogen-bond donors (Lipinski definition) is 1. The number of rotatable bonds is 3. The zero-order valence-corrected chi connectivity index (χ0v) is 8.88. The van der Waals surface area contributed by atoms with Crippen molar-refractivity contribution in [3.63, 3.8) is 0 Å². The topological polar surface area (TPSA) is 44.0 Å². The molecule has 0 fully saturated rings. The van der Waals surface area contributed by atoms with Gasteiger partial charge >= 0.3 is 12.1 Å². The van der Waals surface area contributed by atoms with Crippen LogP contribution in [0.5, 0.6) is 0 Å². The standard InChI is InChI=1S/C11H8F5NO/c12-10(13,11(14,15)16)5-9(18)8-3-1-2-7(4-8)6-17/h1-4,9,18H,5H2. The van der Waals surface area contributed by atoms with E-state index < -0.39 is 24.6 Å². The first-order valence-electron chi connectivity index (χ1n) is 4.80. The number of benzene rings is 1. The maximum atomic E-state index is 12.7. The van der Waals surface area contributed by atoms with Crippen LogP contribution in [0.2, 0.25) is 0 Å². The predicted octanol–water partition coefficient (Wildman–Crippen LogP) is 3.18. The van der Waals surface area contributed by atoms with E-state index in [4.69, 9.17) is 5.26 Å². The van der Waals surface area contributed by atoms with Crippen LogP contribution in [-0.2, 0) is 0 Å². The summed E-state index contributed by atoms with van der Waals surface area (Å²) in [7, 11) is 0. The van der Waals surface area contributed by atoms with Crippen LogP contribution >= 0.6 is 0 Å². The molecule has 0 saturated heterocycles. The average molecular weight is 265 g/mol. The second kappa shape index (κ2) is 4.90. The van der Waals surface area contributed by atoms with Crippen LogP contribution < -0.4 is 0 Å². The Hall–Kier alpha value is -1.68. The third-order valence-corrected chi connectivity index (χ3v) is 2.26. The van der Waals surface area contributed by atoms with Gasteiger partial charge in [0.25, 0.3) is 0 Å². The van der Waals surface area contributed by atoms with Gasteiger partial charge in [0.15, 0.2) is 0 Å². The van der Waals surface area contributed by atoms with Gasteiger partial charge in [-0.1, -0.05) is 12.1 Å². The molecule has 1 rings (SSSR count). The molecule has 2 nitrogen and oxygen atoms in total. The van der Waals surface area contributed by atoms with E-state index in [1.165, 1.54) is 18.2 Å². The molecule has 1 atom stereocenters. The van der Waals surface area contributed by atoms with Gasteiger partial charge in [-0.25, -0.2) is 0 Å². The summed E-state index contributed by atoms with van der Waals surface area (Å²) in [5.41, 5.74) is -0.0835. The van der Waals surface area contributed by atoms with E-state index in [1.54, 1.807) is 6.07 Å². The van der Waals surface area contributed by atoms with Crippen molar-refractivity contribution in [1.29, 1.82) is 5.26 Å². The first kappa shape index (κ1) is 14.4. The lowest BCUT2D eigenvalue weighted by atomic mass is 10.0. The van der Waals surface area contributed by atoms with Crippen LogP contribution in [0.15, 0.2) is 24.3 Å². The van der Waals surface area contributed by atoms with Gasteiger partial charge in [0, 0.05) is 0 Å². The Balaban J connectivity index is 2.89. The Labute approximate surface area is 99.3 Å². The molecule has 0 saturated carbocycles.